The molecule has 0 heterocycles. The van der Waals surface area contributed by atoms with E-state index in [9.17, 15) is 17.6 Å². The zero-order valence-corrected chi connectivity index (χ0v) is 12.3. The van der Waals surface area contributed by atoms with Crippen molar-refractivity contribution in [1.82, 2.24) is 5.32 Å². The van der Waals surface area contributed by atoms with Crippen molar-refractivity contribution < 1.29 is 17.6 Å². The first-order valence-corrected chi connectivity index (χ1v) is 8.71. The Bertz CT molecular complexity index is 614. The number of carbonyl (C=O) groups excluding carboxylic acids is 1. The molecule has 0 spiro atoms. The molecule has 0 atom stereocenters. The fraction of sp³-hybridized carbons (Fsp3) is 0.462. The van der Waals surface area contributed by atoms with Crippen LogP contribution in [0.15, 0.2) is 23.1 Å². The predicted molar refractivity (Wildman–Crippen MR) is 73.7 cm³/mol. The molecule has 0 bridgehead atoms. The van der Waals surface area contributed by atoms with Crippen molar-refractivity contribution in [2.75, 3.05) is 6.54 Å². The molecule has 1 amide bonds. The summed E-state index contributed by atoms with van der Waals surface area (Å²) in [5, 5.41) is 2.64. The van der Waals surface area contributed by atoms with Crippen molar-refractivity contribution in [2.45, 2.75) is 30.6 Å². The van der Waals surface area contributed by atoms with Crippen LogP contribution >= 0.6 is 10.7 Å². The maximum absolute atomic E-state index is 13.7. The second kappa shape index (κ2) is 6.10. The van der Waals surface area contributed by atoms with Gasteiger partial charge < -0.3 is 5.32 Å². The van der Waals surface area contributed by atoms with Crippen molar-refractivity contribution in [3.8, 4) is 0 Å². The molecule has 0 unspecified atom stereocenters. The Morgan fingerprint density at radius 2 is 2.10 bits per heavy atom. The molecule has 0 saturated heterocycles. The number of amides is 1. The number of carbonyl (C=O) groups is 1. The number of hydrogen-bond donors (Lipinski definition) is 1. The van der Waals surface area contributed by atoms with Crippen molar-refractivity contribution in [2.24, 2.45) is 5.92 Å². The molecule has 1 aromatic carbocycles. The fourth-order valence-electron chi connectivity index (χ4n) is 2.10. The minimum atomic E-state index is -3.99. The summed E-state index contributed by atoms with van der Waals surface area (Å²) in [6, 6.07) is 3.00. The molecule has 4 nitrogen and oxygen atoms in total. The van der Waals surface area contributed by atoms with Crippen LogP contribution < -0.4 is 5.32 Å². The summed E-state index contributed by atoms with van der Waals surface area (Å²) in [5.74, 6) is -0.780. The lowest BCUT2D eigenvalue weighted by molar-refractivity contribution is 0.0945. The third-order valence-corrected chi connectivity index (χ3v) is 4.88. The first-order chi connectivity index (χ1) is 9.38. The Hall–Kier alpha value is -1.14. The van der Waals surface area contributed by atoms with Gasteiger partial charge in [0, 0.05) is 17.2 Å². The zero-order valence-electron chi connectivity index (χ0n) is 10.7. The lowest BCUT2D eigenvalue weighted by Gasteiger charge is -2.25. The minimum absolute atomic E-state index is 0.178. The van der Waals surface area contributed by atoms with Gasteiger partial charge in [-0.25, -0.2) is 12.8 Å². The number of halogens is 2. The third kappa shape index (κ3) is 3.70. The summed E-state index contributed by atoms with van der Waals surface area (Å²) in [6.45, 7) is 0.499. The average Bonchev–Trinajstić information content (AvgIpc) is 2.30. The maximum atomic E-state index is 13.7. The molecule has 1 saturated carbocycles. The van der Waals surface area contributed by atoms with Gasteiger partial charge in [-0.15, -0.1) is 0 Å². The highest BCUT2D eigenvalue weighted by Gasteiger charge is 2.19. The lowest BCUT2D eigenvalue weighted by atomic mass is 9.83. The smallest absolute Gasteiger partial charge is 0.261 e. The molecule has 0 radical (unpaired) electrons. The standard InChI is InChI=1S/C13H15ClFNO3S/c14-20(18,19)10-4-5-11(12(15)8-10)13(17)16-7-6-9-2-1-3-9/h4-5,8-9H,1-3,6-7H2,(H,16,17). The van der Waals surface area contributed by atoms with Crippen molar-refractivity contribution in [1.29, 1.82) is 0 Å². The van der Waals surface area contributed by atoms with Gasteiger partial charge in [-0.3, -0.25) is 4.79 Å². The second-order valence-corrected chi connectivity index (χ2v) is 7.49. The van der Waals surface area contributed by atoms with E-state index in [0.29, 0.717) is 12.5 Å². The quantitative estimate of drug-likeness (QED) is 0.849. The van der Waals surface area contributed by atoms with E-state index in [1.165, 1.54) is 19.3 Å². The van der Waals surface area contributed by atoms with Crippen LogP contribution in [0.4, 0.5) is 4.39 Å². The van der Waals surface area contributed by atoms with Crippen LogP contribution in [0.25, 0.3) is 0 Å². The highest BCUT2D eigenvalue weighted by atomic mass is 35.7. The van der Waals surface area contributed by atoms with Gasteiger partial charge in [0.2, 0.25) is 0 Å². The SMILES string of the molecule is O=C(NCCC1CCC1)c1ccc(S(=O)(=O)Cl)cc1F. The highest BCUT2D eigenvalue weighted by Crippen LogP contribution is 2.28. The van der Waals surface area contributed by atoms with E-state index >= 15 is 0 Å². The molecule has 20 heavy (non-hydrogen) atoms. The molecule has 1 aromatic rings. The largest absolute Gasteiger partial charge is 0.352 e. The van der Waals surface area contributed by atoms with Gasteiger partial charge in [-0.2, -0.15) is 0 Å². The summed E-state index contributed by atoms with van der Waals surface area (Å²) in [7, 11) is 1.12. The van der Waals surface area contributed by atoms with Crippen LogP contribution in [0, 0.1) is 11.7 Å². The van der Waals surface area contributed by atoms with Crippen LogP contribution in [0.5, 0.6) is 0 Å². The first kappa shape index (κ1) is 15.3. The number of nitrogens with one attached hydrogen (secondary N) is 1. The van der Waals surface area contributed by atoms with Gasteiger partial charge in [-0.1, -0.05) is 19.3 Å². The van der Waals surface area contributed by atoms with Gasteiger partial charge in [0.05, 0.1) is 10.5 Å². The van der Waals surface area contributed by atoms with Gasteiger partial charge >= 0.3 is 0 Å². The molecule has 7 heteroatoms. The summed E-state index contributed by atoms with van der Waals surface area (Å²) in [5.41, 5.74) is -0.178. The monoisotopic (exact) mass is 319 g/mol. The highest BCUT2D eigenvalue weighted by molar-refractivity contribution is 8.13. The molecular weight excluding hydrogens is 305 g/mol. The zero-order chi connectivity index (χ0) is 14.8. The Morgan fingerprint density at radius 1 is 1.40 bits per heavy atom. The first-order valence-electron chi connectivity index (χ1n) is 6.40. The minimum Gasteiger partial charge on any atom is -0.352 e. The Kier molecular flexibility index (Phi) is 4.65. The van der Waals surface area contributed by atoms with Gasteiger partial charge in [0.25, 0.3) is 15.0 Å². The number of rotatable bonds is 5. The van der Waals surface area contributed by atoms with Crippen LogP contribution in [-0.4, -0.2) is 20.9 Å². The fourth-order valence-corrected chi connectivity index (χ4v) is 2.86. The van der Waals surface area contributed by atoms with E-state index in [-0.39, 0.29) is 10.5 Å². The van der Waals surface area contributed by atoms with E-state index in [4.69, 9.17) is 10.7 Å². The molecule has 1 aliphatic carbocycles. The van der Waals surface area contributed by atoms with Gasteiger partial charge in [0.15, 0.2) is 0 Å². The van der Waals surface area contributed by atoms with Crippen LogP contribution in [0.2, 0.25) is 0 Å². The topological polar surface area (TPSA) is 63.2 Å². The van der Waals surface area contributed by atoms with E-state index < -0.39 is 20.8 Å². The molecule has 2 rings (SSSR count). The van der Waals surface area contributed by atoms with Crippen molar-refractivity contribution in [3.63, 3.8) is 0 Å². The number of hydrogen-bond acceptors (Lipinski definition) is 3. The molecule has 110 valence electrons. The maximum Gasteiger partial charge on any atom is 0.261 e. The number of benzene rings is 1. The van der Waals surface area contributed by atoms with Crippen LogP contribution in [-0.2, 0) is 9.05 Å². The predicted octanol–water partition coefficient (Wildman–Crippen LogP) is 2.67. The second-order valence-electron chi connectivity index (χ2n) is 4.92. The lowest BCUT2D eigenvalue weighted by Crippen LogP contribution is -2.28. The molecule has 0 aliphatic heterocycles. The van der Waals surface area contributed by atoms with Crippen molar-refractivity contribution in [3.05, 3.63) is 29.6 Å². The summed E-state index contributed by atoms with van der Waals surface area (Å²) < 4.78 is 35.8. The van der Waals surface area contributed by atoms with Gasteiger partial charge in [0.1, 0.15) is 5.82 Å². The molecule has 1 N–H and O–H groups in total. The van der Waals surface area contributed by atoms with E-state index in [2.05, 4.69) is 5.32 Å². The Morgan fingerprint density at radius 3 is 2.60 bits per heavy atom. The van der Waals surface area contributed by atoms with E-state index in [1.807, 2.05) is 0 Å². The molecule has 0 aromatic heterocycles. The van der Waals surface area contributed by atoms with Crippen molar-refractivity contribution >= 4 is 25.6 Å². The van der Waals surface area contributed by atoms with Crippen LogP contribution in [0.1, 0.15) is 36.0 Å². The third-order valence-electron chi connectivity index (χ3n) is 3.53. The summed E-state index contributed by atoms with van der Waals surface area (Å²) in [4.78, 5) is 11.4. The van der Waals surface area contributed by atoms with E-state index in [1.54, 1.807) is 0 Å². The van der Waals surface area contributed by atoms with E-state index in [0.717, 1.165) is 24.6 Å². The average molecular weight is 320 g/mol. The molecule has 1 aliphatic rings. The normalized spacial score (nSPS) is 15.7. The Balaban J connectivity index is 1.98. The van der Waals surface area contributed by atoms with Gasteiger partial charge in [-0.05, 0) is 30.5 Å². The summed E-state index contributed by atoms with van der Waals surface area (Å²) >= 11 is 0. The summed E-state index contributed by atoms with van der Waals surface area (Å²) in [6.07, 6.45) is 4.50. The van der Waals surface area contributed by atoms with Crippen LogP contribution in [0.3, 0.4) is 0 Å². The molecular formula is C13H15ClFNO3S. The molecule has 1 fully saturated rings. The Labute approximate surface area is 121 Å².